The standard InChI is InChI=1S/C20H20N2O3S/c1-14(2)22-19(23)13-26-18-6-4-3-5-17(18)20(24)25-12-16-9-7-15(11-21)8-10-16/h3-10,14H,12-13H2,1-2H3,(H,22,23). The van der Waals surface area contributed by atoms with Gasteiger partial charge in [0.2, 0.25) is 5.91 Å². The van der Waals surface area contributed by atoms with Crippen LogP contribution >= 0.6 is 11.8 Å². The normalized spacial score (nSPS) is 10.2. The predicted molar refractivity (Wildman–Crippen MR) is 101 cm³/mol. The molecule has 0 fully saturated rings. The molecule has 0 saturated heterocycles. The first-order valence-electron chi connectivity index (χ1n) is 8.17. The van der Waals surface area contributed by atoms with Crippen molar-refractivity contribution in [2.24, 2.45) is 0 Å². The van der Waals surface area contributed by atoms with E-state index in [-0.39, 0.29) is 24.3 Å². The van der Waals surface area contributed by atoms with Gasteiger partial charge in [0.05, 0.1) is 22.9 Å². The third kappa shape index (κ3) is 5.94. The minimum atomic E-state index is -0.443. The number of hydrogen-bond donors (Lipinski definition) is 1. The summed E-state index contributed by atoms with van der Waals surface area (Å²) in [4.78, 5) is 24.9. The smallest absolute Gasteiger partial charge is 0.339 e. The van der Waals surface area contributed by atoms with Crippen molar-refractivity contribution in [1.82, 2.24) is 5.32 Å². The third-order valence-electron chi connectivity index (χ3n) is 3.37. The highest BCUT2D eigenvalue weighted by atomic mass is 32.2. The van der Waals surface area contributed by atoms with Gasteiger partial charge in [-0.05, 0) is 43.7 Å². The molecule has 0 aliphatic heterocycles. The van der Waals surface area contributed by atoms with Crippen LogP contribution in [0.1, 0.15) is 35.3 Å². The van der Waals surface area contributed by atoms with E-state index >= 15 is 0 Å². The molecule has 134 valence electrons. The van der Waals surface area contributed by atoms with Gasteiger partial charge in [0.15, 0.2) is 0 Å². The number of hydrogen-bond acceptors (Lipinski definition) is 5. The summed E-state index contributed by atoms with van der Waals surface area (Å²) in [5.41, 5.74) is 1.80. The Morgan fingerprint density at radius 1 is 1.15 bits per heavy atom. The van der Waals surface area contributed by atoms with E-state index in [0.29, 0.717) is 16.0 Å². The number of rotatable bonds is 7. The molecule has 0 aromatic heterocycles. The molecular formula is C20H20N2O3S. The zero-order valence-corrected chi connectivity index (χ0v) is 15.5. The molecule has 0 unspecified atom stereocenters. The Labute approximate surface area is 157 Å². The second kappa shape index (κ2) is 9.64. The van der Waals surface area contributed by atoms with Gasteiger partial charge in [0.25, 0.3) is 0 Å². The van der Waals surface area contributed by atoms with Gasteiger partial charge in [0, 0.05) is 10.9 Å². The molecule has 0 aliphatic carbocycles. The van der Waals surface area contributed by atoms with Crippen LogP contribution in [0.2, 0.25) is 0 Å². The molecule has 26 heavy (non-hydrogen) atoms. The molecular weight excluding hydrogens is 348 g/mol. The van der Waals surface area contributed by atoms with Gasteiger partial charge in [-0.25, -0.2) is 4.79 Å². The maximum Gasteiger partial charge on any atom is 0.339 e. The van der Waals surface area contributed by atoms with Crippen molar-refractivity contribution in [3.63, 3.8) is 0 Å². The van der Waals surface area contributed by atoms with Crippen molar-refractivity contribution in [2.45, 2.75) is 31.4 Å². The Hall–Kier alpha value is -2.78. The van der Waals surface area contributed by atoms with Gasteiger partial charge in [-0.15, -0.1) is 11.8 Å². The Morgan fingerprint density at radius 3 is 2.50 bits per heavy atom. The van der Waals surface area contributed by atoms with Gasteiger partial charge < -0.3 is 10.1 Å². The van der Waals surface area contributed by atoms with Gasteiger partial charge in [0.1, 0.15) is 6.61 Å². The average Bonchev–Trinajstić information content (AvgIpc) is 2.64. The topological polar surface area (TPSA) is 79.2 Å². The number of ether oxygens (including phenoxy) is 1. The lowest BCUT2D eigenvalue weighted by molar-refractivity contribution is -0.119. The fourth-order valence-corrected chi connectivity index (χ4v) is 3.02. The lowest BCUT2D eigenvalue weighted by atomic mass is 10.1. The van der Waals surface area contributed by atoms with E-state index in [0.717, 1.165) is 5.56 Å². The Morgan fingerprint density at radius 2 is 1.85 bits per heavy atom. The highest BCUT2D eigenvalue weighted by Gasteiger charge is 2.14. The molecule has 0 saturated carbocycles. The molecule has 0 atom stereocenters. The van der Waals surface area contributed by atoms with Crippen LogP contribution in [0.5, 0.6) is 0 Å². The van der Waals surface area contributed by atoms with Crippen molar-refractivity contribution in [3.8, 4) is 6.07 Å². The Bertz CT molecular complexity index is 811. The van der Waals surface area contributed by atoms with Crippen LogP contribution in [0.25, 0.3) is 0 Å². The summed E-state index contributed by atoms with van der Waals surface area (Å²) in [7, 11) is 0. The molecule has 0 bridgehead atoms. The molecule has 0 heterocycles. The monoisotopic (exact) mass is 368 g/mol. The number of carbonyl (C=O) groups is 2. The van der Waals surface area contributed by atoms with Crippen LogP contribution in [0.15, 0.2) is 53.4 Å². The minimum Gasteiger partial charge on any atom is -0.457 e. The molecule has 0 radical (unpaired) electrons. The maximum absolute atomic E-state index is 12.4. The first-order chi connectivity index (χ1) is 12.5. The van der Waals surface area contributed by atoms with E-state index in [2.05, 4.69) is 5.32 Å². The summed E-state index contributed by atoms with van der Waals surface area (Å²) in [5, 5.41) is 11.6. The molecule has 1 amide bonds. The van der Waals surface area contributed by atoms with Crippen LogP contribution < -0.4 is 5.32 Å². The number of amides is 1. The van der Waals surface area contributed by atoms with Gasteiger partial charge in [-0.2, -0.15) is 5.26 Å². The molecule has 5 nitrogen and oxygen atoms in total. The number of benzene rings is 2. The Kier molecular flexibility index (Phi) is 7.24. The van der Waals surface area contributed by atoms with E-state index in [1.165, 1.54) is 11.8 Å². The predicted octanol–water partition coefficient (Wildman–Crippen LogP) is 3.53. The number of esters is 1. The molecule has 2 rings (SSSR count). The summed E-state index contributed by atoms with van der Waals surface area (Å²) < 4.78 is 5.36. The van der Waals surface area contributed by atoms with Crippen molar-refractivity contribution >= 4 is 23.6 Å². The van der Waals surface area contributed by atoms with Crippen molar-refractivity contribution in [2.75, 3.05) is 5.75 Å². The number of nitrogens with zero attached hydrogens (tertiary/aromatic N) is 1. The quantitative estimate of drug-likeness (QED) is 0.597. The van der Waals surface area contributed by atoms with E-state index in [1.807, 2.05) is 26.0 Å². The molecule has 2 aromatic rings. The average molecular weight is 368 g/mol. The van der Waals surface area contributed by atoms with Crippen LogP contribution in [-0.2, 0) is 16.1 Å². The van der Waals surface area contributed by atoms with Gasteiger partial charge >= 0.3 is 5.97 Å². The third-order valence-corrected chi connectivity index (χ3v) is 4.44. The fourth-order valence-electron chi connectivity index (χ4n) is 2.17. The van der Waals surface area contributed by atoms with Crippen molar-refractivity contribution in [1.29, 1.82) is 5.26 Å². The molecule has 6 heteroatoms. The number of nitriles is 1. The first-order valence-corrected chi connectivity index (χ1v) is 9.15. The van der Waals surface area contributed by atoms with Crippen LogP contribution in [0.4, 0.5) is 0 Å². The second-order valence-corrected chi connectivity index (χ2v) is 6.91. The fraction of sp³-hybridized carbons (Fsp3) is 0.250. The number of carbonyl (C=O) groups excluding carboxylic acids is 2. The zero-order valence-electron chi connectivity index (χ0n) is 14.7. The van der Waals surface area contributed by atoms with Crippen LogP contribution in [0, 0.1) is 11.3 Å². The van der Waals surface area contributed by atoms with E-state index in [9.17, 15) is 9.59 Å². The highest BCUT2D eigenvalue weighted by molar-refractivity contribution is 8.00. The van der Waals surface area contributed by atoms with Crippen LogP contribution in [-0.4, -0.2) is 23.7 Å². The molecule has 2 aromatic carbocycles. The summed E-state index contributed by atoms with van der Waals surface area (Å²) in [6, 6.07) is 16.1. The number of nitrogens with one attached hydrogen (secondary N) is 1. The summed E-state index contributed by atoms with van der Waals surface area (Å²) in [6.07, 6.45) is 0. The molecule has 0 aliphatic rings. The number of thioether (sulfide) groups is 1. The summed E-state index contributed by atoms with van der Waals surface area (Å²) in [6.45, 7) is 3.92. The van der Waals surface area contributed by atoms with Gasteiger partial charge in [-0.1, -0.05) is 24.3 Å². The van der Waals surface area contributed by atoms with Gasteiger partial charge in [-0.3, -0.25) is 4.79 Å². The van der Waals surface area contributed by atoms with Crippen molar-refractivity contribution in [3.05, 3.63) is 65.2 Å². The maximum atomic E-state index is 12.4. The lowest BCUT2D eigenvalue weighted by Crippen LogP contribution is -2.31. The zero-order chi connectivity index (χ0) is 18.9. The summed E-state index contributed by atoms with van der Waals surface area (Å²) >= 11 is 1.30. The lowest BCUT2D eigenvalue weighted by Gasteiger charge is -2.11. The van der Waals surface area contributed by atoms with Crippen molar-refractivity contribution < 1.29 is 14.3 Å². The second-order valence-electron chi connectivity index (χ2n) is 5.89. The SMILES string of the molecule is CC(C)NC(=O)CSc1ccccc1C(=O)OCc1ccc(C#N)cc1. The van der Waals surface area contributed by atoms with E-state index < -0.39 is 5.97 Å². The van der Waals surface area contributed by atoms with E-state index in [1.54, 1.807) is 42.5 Å². The summed E-state index contributed by atoms with van der Waals surface area (Å²) in [5.74, 6) is -0.287. The minimum absolute atomic E-state index is 0.0780. The molecule has 1 N–H and O–H groups in total. The Balaban J connectivity index is 1.97. The first kappa shape index (κ1) is 19.5. The van der Waals surface area contributed by atoms with Crippen LogP contribution in [0.3, 0.4) is 0 Å². The van der Waals surface area contributed by atoms with E-state index in [4.69, 9.17) is 10.00 Å². The largest absolute Gasteiger partial charge is 0.457 e. The highest BCUT2D eigenvalue weighted by Crippen LogP contribution is 2.23. The molecule has 0 spiro atoms.